The number of rotatable bonds is 10. The van der Waals surface area contributed by atoms with E-state index < -0.39 is 11.6 Å². The minimum Gasteiger partial charge on any atom is -0.491 e. The second-order valence-corrected chi connectivity index (χ2v) is 7.75. The monoisotopic (exact) mass is 426 g/mol. The molecule has 31 heavy (non-hydrogen) atoms. The molecule has 0 saturated carbocycles. The second-order valence-electron chi connectivity index (χ2n) is 7.75. The standard InChI is InChI=1S/C27H29F3O/c1-3-5-6-7-20-11-15-22(24(28)18-20)14-10-19-8-12-21(13-9-19)23-16-17-25(31-4-2)27(30)26(23)29/h8-9,11-13,15-18H,3-7,10,14H2,1-2H3. The average Bonchev–Trinajstić information content (AvgIpc) is 2.77. The largest absolute Gasteiger partial charge is 0.491 e. The zero-order valence-electron chi connectivity index (χ0n) is 18.2. The first-order chi connectivity index (χ1) is 15.0. The van der Waals surface area contributed by atoms with Gasteiger partial charge in [-0.1, -0.05) is 56.2 Å². The Morgan fingerprint density at radius 1 is 0.710 bits per heavy atom. The zero-order chi connectivity index (χ0) is 22.2. The summed E-state index contributed by atoms with van der Waals surface area (Å²) in [7, 11) is 0. The Kier molecular flexibility index (Phi) is 8.16. The van der Waals surface area contributed by atoms with E-state index in [2.05, 4.69) is 6.92 Å². The van der Waals surface area contributed by atoms with Crippen LogP contribution in [0, 0.1) is 17.5 Å². The fourth-order valence-electron chi connectivity index (χ4n) is 3.68. The number of ether oxygens (including phenoxy) is 1. The van der Waals surface area contributed by atoms with Gasteiger partial charge in [0, 0.05) is 5.56 Å². The SMILES string of the molecule is CCCCCc1ccc(CCc2ccc(-c3ccc(OCC)c(F)c3F)cc2)c(F)c1. The molecule has 3 rings (SSSR count). The molecule has 0 amide bonds. The number of unbranched alkanes of at least 4 members (excludes halogenated alkanes) is 2. The zero-order valence-corrected chi connectivity index (χ0v) is 18.2. The molecule has 0 fully saturated rings. The Labute approximate surface area is 182 Å². The van der Waals surface area contributed by atoms with Crippen LogP contribution in [0.5, 0.6) is 5.75 Å². The van der Waals surface area contributed by atoms with Crippen molar-refractivity contribution in [2.24, 2.45) is 0 Å². The Morgan fingerprint density at radius 2 is 1.45 bits per heavy atom. The number of halogens is 3. The van der Waals surface area contributed by atoms with Crippen LogP contribution in [-0.4, -0.2) is 6.61 Å². The summed E-state index contributed by atoms with van der Waals surface area (Å²) in [6.45, 7) is 4.15. The van der Waals surface area contributed by atoms with Gasteiger partial charge >= 0.3 is 0 Å². The van der Waals surface area contributed by atoms with E-state index >= 15 is 0 Å². The number of aryl methyl sites for hydroxylation is 3. The highest BCUT2D eigenvalue weighted by atomic mass is 19.2. The molecular formula is C27H29F3O. The van der Waals surface area contributed by atoms with E-state index in [9.17, 15) is 13.2 Å². The van der Waals surface area contributed by atoms with Crippen LogP contribution in [0.2, 0.25) is 0 Å². The summed E-state index contributed by atoms with van der Waals surface area (Å²) in [4.78, 5) is 0. The highest BCUT2D eigenvalue weighted by Gasteiger charge is 2.15. The lowest BCUT2D eigenvalue weighted by Crippen LogP contribution is -1.99. The topological polar surface area (TPSA) is 9.23 Å². The fraction of sp³-hybridized carbons (Fsp3) is 0.333. The molecule has 0 aliphatic carbocycles. The molecule has 3 aromatic rings. The predicted molar refractivity (Wildman–Crippen MR) is 120 cm³/mol. The Morgan fingerprint density at radius 3 is 2.13 bits per heavy atom. The van der Waals surface area contributed by atoms with E-state index in [1.807, 2.05) is 24.3 Å². The van der Waals surface area contributed by atoms with Gasteiger partial charge in [-0.2, -0.15) is 4.39 Å². The molecule has 0 aromatic heterocycles. The van der Waals surface area contributed by atoms with Crippen molar-refractivity contribution in [1.29, 1.82) is 0 Å². The van der Waals surface area contributed by atoms with Gasteiger partial charge in [0.1, 0.15) is 5.82 Å². The van der Waals surface area contributed by atoms with Crippen molar-refractivity contribution in [1.82, 2.24) is 0 Å². The highest BCUT2D eigenvalue weighted by Crippen LogP contribution is 2.30. The summed E-state index contributed by atoms with van der Waals surface area (Å²) in [5, 5.41) is 0. The lowest BCUT2D eigenvalue weighted by atomic mass is 9.98. The van der Waals surface area contributed by atoms with E-state index in [1.165, 1.54) is 12.1 Å². The summed E-state index contributed by atoms with van der Waals surface area (Å²) < 4.78 is 48.1. The van der Waals surface area contributed by atoms with Crippen LogP contribution >= 0.6 is 0 Å². The quantitative estimate of drug-likeness (QED) is 0.302. The molecule has 0 aliphatic rings. The summed E-state index contributed by atoms with van der Waals surface area (Å²) in [6.07, 6.45) is 5.57. The molecule has 0 radical (unpaired) electrons. The minimum absolute atomic E-state index is 0.0845. The van der Waals surface area contributed by atoms with Crippen molar-refractivity contribution < 1.29 is 17.9 Å². The van der Waals surface area contributed by atoms with Gasteiger partial charge in [-0.05, 0) is 73.1 Å². The highest BCUT2D eigenvalue weighted by molar-refractivity contribution is 5.65. The number of benzene rings is 3. The Hall–Kier alpha value is -2.75. The van der Waals surface area contributed by atoms with Crippen LogP contribution in [-0.2, 0) is 19.3 Å². The van der Waals surface area contributed by atoms with Gasteiger partial charge in [0.05, 0.1) is 6.61 Å². The molecule has 0 N–H and O–H groups in total. The first kappa shape index (κ1) is 22.9. The van der Waals surface area contributed by atoms with Gasteiger partial charge in [0.2, 0.25) is 5.82 Å². The minimum atomic E-state index is -0.975. The van der Waals surface area contributed by atoms with E-state index in [1.54, 1.807) is 25.1 Å². The molecule has 164 valence electrons. The first-order valence-electron chi connectivity index (χ1n) is 11.0. The normalized spacial score (nSPS) is 11.0. The van der Waals surface area contributed by atoms with Crippen LogP contribution in [0.3, 0.4) is 0 Å². The second kappa shape index (κ2) is 11.0. The van der Waals surface area contributed by atoms with Crippen molar-refractivity contribution in [2.75, 3.05) is 6.61 Å². The summed E-state index contributed by atoms with van der Waals surface area (Å²) in [6, 6.07) is 15.8. The third-order valence-corrected chi connectivity index (χ3v) is 5.48. The van der Waals surface area contributed by atoms with Crippen molar-refractivity contribution in [2.45, 2.75) is 52.4 Å². The lowest BCUT2D eigenvalue weighted by molar-refractivity contribution is 0.314. The molecule has 3 aromatic carbocycles. The van der Waals surface area contributed by atoms with Gasteiger partial charge in [0.25, 0.3) is 0 Å². The Bertz CT molecular complexity index is 996. The van der Waals surface area contributed by atoms with Crippen LogP contribution in [0.1, 0.15) is 49.8 Å². The van der Waals surface area contributed by atoms with Gasteiger partial charge in [-0.15, -0.1) is 0 Å². The summed E-state index contributed by atoms with van der Waals surface area (Å²) in [5.41, 5.74) is 3.54. The van der Waals surface area contributed by atoms with Crippen molar-refractivity contribution in [3.8, 4) is 16.9 Å². The molecule has 0 saturated heterocycles. The third-order valence-electron chi connectivity index (χ3n) is 5.48. The van der Waals surface area contributed by atoms with Gasteiger partial charge in [0.15, 0.2) is 11.6 Å². The maximum Gasteiger partial charge on any atom is 0.201 e. The average molecular weight is 427 g/mol. The van der Waals surface area contributed by atoms with E-state index in [4.69, 9.17) is 4.74 Å². The third kappa shape index (κ3) is 5.90. The maximum atomic E-state index is 14.4. The predicted octanol–water partition coefficient (Wildman–Crippen LogP) is 7.69. The first-order valence-corrected chi connectivity index (χ1v) is 11.0. The lowest BCUT2D eigenvalue weighted by Gasteiger charge is -2.10. The molecule has 1 nitrogen and oxygen atoms in total. The molecular weight excluding hydrogens is 397 g/mol. The smallest absolute Gasteiger partial charge is 0.201 e. The number of hydrogen-bond donors (Lipinski definition) is 0. The van der Waals surface area contributed by atoms with E-state index in [-0.39, 0.29) is 23.7 Å². The van der Waals surface area contributed by atoms with Crippen molar-refractivity contribution in [3.05, 3.63) is 88.7 Å². The van der Waals surface area contributed by atoms with Crippen LogP contribution < -0.4 is 4.74 Å². The van der Waals surface area contributed by atoms with Crippen molar-refractivity contribution >= 4 is 0 Å². The maximum absolute atomic E-state index is 14.4. The Balaban J connectivity index is 1.64. The van der Waals surface area contributed by atoms with Crippen LogP contribution in [0.4, 0.5) is 13.2 Å². The van der Waals surface area contributed by atoms with Gasteiger partial charge in [-0.25, -0.2) is 8.78 Å². The van der Waals surface area contributed by atoms with Gasteiger partial charge < -0.3 is 4.74 Å². The number of hydrogen-bond acceptors (Lipinski definition) is 1. The van der Waals surface area contributed by atoms with Crippen LogP contribution in [0.25, 0.3) is 11.1 Å². The summed E-state index contributed by atoms with van der Waals surface area (Å²) in [5.74, 6) is -2.13. The van der Waals surface area contributed by atoms with Crippen molar-refractivity contribution in [3.63, 3.8) is 0 Å². The molecule has 0 unspecified atom stereocenters. The van der Waals surface area contributed by atoms with E-state index in [0.717, 1.165) is 36.8 Å². The summed E-state index contributed by atoms with van der Waals surface area (Å²) >= 11 is 0. The molecule has 0 bridgehead atoms. The molecule has 0 spiro atoms. The fourth-order valence-corrected chi connectivity index (χ4v) is 3.68. The van der Waals surface area contributed by atoms with Gasteiger partial charge in [-0.3, -0.25) is 0 Å². The molecule has 0 heterocycles. The molecule has 0 aliphatic heterocycles. The molecule has 4 heteroatoms. The van der Waals surface area contributed by atoms with E-state index in [0.29, 0.717) is 24.0 Å². The van der Waals surface area contributed by atoms with Crippen LogP contribution in [0.15, 0.2) is 54.6 Å². The molecule has 0 atom stereocenters.